The molecule has 0 heterocycles. The zero-order valence-corrected chi connectivity index (χ0v) is 17.6. The topological polar surface area (TPSA) is 128 Å². The number of aryl methyl sites for hydroxylation is 2. The molecule has 0 aliphatic rings. The summed E-state index contributed by atoms with van der Waals surface area (Å²) in [6, 6.07) is 9.12. The van der Waals surface area contributed by atoms with Crippen molar-refractivity contribution >= 4 is 29.2 Å². The number of benzene rings is 2. The number of carbonyl (C=O) groups excluding carboxylic acids is 3. The van der Waals surface area contributed by atoms with Gasteiger partial charge in [0.15, 0.2) is 12.4 Å². The van der Waals surface area contributed by atoms with E-state index in [0.29, 0.717) is 5.69 Å². The number of nitro benzene ring substituents is 1. The predicted octanol–water partition coefficient (Wildman–Crippen LogP) is 2.47. The number of amides is 2. The molecule has 2 amide bonds. The molecule has 10 heteroatoms. The van der Waals surface area contributed by atoms with Crippen LogP contribution in [-0.4, -0.2) is 54.9 Å². The molecule has 2 rings (SSSR count). The summed E-state index contributed by atoms with van der Waals surface area (Å²) in [6.45, 7) is 2.98. The van der Waals surface area contributed by atoms with Crippen molar-refractivity contribution < 1.29 is 28.8 Å². The van der Waals surface area contributed by atoms with Crippen LogP contribution in [0.3, 0.4) is 0 Å². The number of hydrogen-bond acceptors (Lipinski definition) is 7. The summed E-state index contributed by atoms with van der Waals surface area (Å²) in [5.74, 6) is -1.86. The van der Waals surface area contributed by atoms with Crippen LogP contribution < -0.4 is 10.1 Å². The molecule has 164 valence electrons. The van der Waals surface area contributed by atoms with Crippen LogP contribution in [-0.2, 0) is 14.3 Å². The summed E-state index contributed by atoms with van der Waals surface area (Å²) in [5.41, 5.74) is 1.98. The molecule has 1 N–H and O–H groups in total. The second-order valence-corrected chi connectivity index (χ2v) is 6.78. The van der Waals surface area contributed by atoms with E-state index in [1.165, 1.54) is 19.2 Å². The Morgan fingerprint density at radius 3 is 2.35 bits per heavy atom. The van der Waals surface area contributed by atoms with E-state index in [9.17, 15) is 24.5 Å². The zero-order chi connectivity index (χ0) is 23.1. The van der Waals surface area contributed by atoms with Gasteiger partial charge in [0.2, 0.25) is 5.91 Å². The standard InChI is InChI=1S/C21H23N3O7/c1-13-6-5-7-14(2)20(13)22-18(25)11-23(3)19(26)12-31-17-9-8-15(21(27)30-4)10-16(17)24(28)29/h5-10H,11-12H2,1-4H3,(H,22,25). The third-order valence-electron chi connectivity index (χ3n) is 4.48. The lowest BCUT2D eigenvalue weighted by Crippen LogP contribution is -2.37. The maximum atomic E-state index is 12.3. The van der Waals surface area contributed by atoms with Crippen LogP contribution in [0.5, 0.6) is 5.75 Å². The molecule has 0 unspecified atom stereocenters. The molecule has 0 fully saturated rings. The molecule has 2 aromatic rings. The van der Waals surface area contributed by atoms with Crippen molar-refractivity contribution in [3.05, 3.63) is 63.2 Å². The summed E-state index contributed by atoms with van der Waals surface area (Å²) in [4.78, 5) is 47.8. The van der Waals surface area contributed by atoms with Crippen molar-refractivity contribution in [3.8, 4) is 5.75 Å². The fourth-order valence-corrected chi connectivity index (χ4v) is 2.77. The first kappa shape index (κ1) is 23.3. The Morgan fingerprint density at radius 1 is 1.13 bits per heavy atom. The van der Waals surface area contributed by atoms with E-state index in [4.69, 9.17) is 4.74 Å². The third kappa shape index (κ3) is 6.01. The molecule has 0 bridgehead atoms. The SMILES string of the molecule is COC(=O)c1ccc(OCC(=O)N(C)CC(=O)Nc2c(C)cccc2C)c([N+](=O)[O-])c1. The minimum Gasteiger partial charge on any atom is -0.477 e. The number of rotatable bonds is 8. The average molecular weight is 429 g/mol. The molecule has 0 aliphatic carbocycles. The van der Waals surface area contributed by atoms with Gasteiger partial charge in [-0.25, -0.2) is 4.79 Å². The molecule has 0 aromatic heterocycles. The highest BCUT2D eigenvalue weighted by Crippen LogP contribution is 2.28. The first-order valence-corrected chi connectivity index (χ1v) is 9.23. The average Bonchev–Trinajstić information content (AvgIpc) is 2.73. The van der Waals surface area contributed by atoms with E-state index in [-0.39, 0.29) is 23.8 Å². The number of ether oxygens (including phenoxy) is 2. The Bertz CT molecular complexity index is 1000. The minimum absolute atomic E-state index is 0.0202. The van der Waals surface area contributed by atoms with Gasteiger partial charge in [-0.05, 0) is 37.1 Å². The molecule has 0 aliphatic heterocycles. The number of anilines is 1. The molecule has 31 heavy (non-hydrogen) atoms. The monoisotopic (exact) mass is 429 g/mol. The number of nitro groups is 1. The fraction of sp³-hybridized carbons (Fsp3) is 0.286. The normalized spacial score (nSPS) is 10.2. The third-order valence-corrected chi connectivity index (χ3v) is 4.48. The van der Waals surface area contributed by atoms with Gasteiger partial charge in [0, 0.05) is 18.8 Å². The number of methoxy groups -OCH3 is 1. The molecule has 0 atom stereocenters. The molecule has 0 saturated heterocycles. The van der Waals surface area contributed by atoms with Gasteiger partial charge < -0.3 is 19.7 Å². The first-order chi connectivity index (χ1) is 14.6. The summed E-state index contributed by atoms with van der Waals surface area (Å²) in [7, 11) is 2.58. The van der Waals surface area contributed by atoms with Crippen molar-refractivity contribution in [1.29, 1.82) is 0 Å². The van der Waals surface area contributed by atoms with Crippen LogP contribution in [0, 0.1) is 24.0 Å². The van der Waals surface area contributed by atoms with Crippen LogP contribution in [0.4, 0.5) is 11.4 Å². The Labute approximate surface area is 178 Å². The van der Waals surface area contributed by atoms with Gasteiger partial charge in [-0.3, -0.25) is 19.7 Å². The summed E-state index contributed by atoms with van der Waals surface area (Å²) >= 11 is 0. The number of para-hydroxylation sites is 1. The Hall–Kier alpha value is -3.95. The predicted molar refractivity (Wildman–Crippen MR) is 112 cm³/mol. The Balaban J connectivity index is 1.99. The first-order valence-electron chi connectivity index (χ1n) is 9.23. The van der Waals surface area contributed by atoms with Crippen molar-refractivity contribution in [2.75, 3.05) is 32.6 Å². The maximum Gasteiger partial charge on any atom is 0.338 e. The van der Waals surface area contributed by atoms with Gasteiger partial charge in [-0.1, -0.05) is 18.2 Å². The number of hydrogen-bond donors (Lipinski definition) is 1. The van der Waals surface area contributed by atoms with Crippen molar-refractivity contribution in [1.82, 2.24) is 4.90 Å². The number of nitrogens with one attached hydrogen (secondary N) is 1. The summed E-state index contributed by atoms with van der Waals surface area (Å²) < 4.78 is 9.80. The number of carbonyl (C=O) groups is 3. The lowest BCUT2D eigenvalue weighted by Gasteiger charge is -2.18. The Kier molecular flexibility index (Phi) is 7.67. The van der Waals surface area contributed by atoms with Gasteiger partial charge in [0.25, 0.3) is 5.91 Å². The van der Waals surface area contributed by atoms with E-state index < -0.39 is 29.1 Å². The highest BCUT2D eigenvalue weighted by Gasteiger charge is 2.21. The second kappa shape index (κ2) is 10.2. The van der Waals surface area contributed by atoms with Crippen LogP contribution in [0.15, 0.2) is 36.4 Å². The van der Waals surface area contributed by atoms with Gasteiger partial charge >= 0.3 is 11.7 Å². The van der Waals surface area contributed by atoms with E-state index in [0.717, 1.165) is 29.2 Å². The van der Waals surface area contributed by atoms with Crippen LogP contribution >= 0.6 is 0 Å². The molecule has 2 aromatic carbocycles. The van der Waals surface area contributed by atoms with Crippen LogP contribution in [0.25, 0.3) is 0 Å². The lowest BCUT2D eigenvalue weighted by atomic mass is 10.1. The Morgan fingerprint density at radius 2 is 1.77 bits per heavy atom. The highest BCUT2D eigenvalue weighted by molar-refractivity contribution is 5.96. The van der Waals surface area contributed by atoms with Gasteiger partial charge in [-0.15, -0.1) is 0 Å². The molecular formula is C21H23N3O7. The summed E-state index contributed by atoms with van der Waals surface area (Å²) in [5, 5.41) is 14.0. The van der Waals surface area contributed by atoms with E-state index >= 15 is 0 Å². The highest BCUT2D eigenvalue weighted by atomic mass is 16.6. The molecule has 0 spiro atoms. The second-order valence-electron chi connectivity index (χ2n) is 6.78. The van der Waals surface area contributed by atoms with Crippen molar-refractivity contribution in [2.45, 2.75) is 13.8 Å². The summed E-state index contributed by atoms with van der Waals surface area (Å²) in [6.07, 6.45) is 0. The van der Waals surface area contributed by atoms with Crippen molar-refractivity contribution in [2.24, 2.45) is 0 Å². The van der Waals surface area contributed by atoms with Crippen molar-refractivity contribution in [3.63, 3.8) is 0 Å². The zero-order valence-electron chi connectivity index (χ0n) is 17.6. The largest absolute Gasteiger partial charge is 0.477 e. The molecular weight excluding hydrogens is 406 g/mol. The smallest absolute Gasteiger partial charge is 0.338 e. The van der Waals surface area contributed by atoms with Crippen LogP contribution in [0.2, 0.25) is 0 Å². The quantitative estimate of drug-likeness (QED) is 0.388. The van der Waals surface area contributed by atoms with Gasteiger partial charge in [0.1, 0.15) is 0 Å². The van der Waals surface area contributed by atoms with E-state index in [2.05, 4.69) is 10.1 Å². The molecule has 10 nitrogen and oxygen atoms in total. The number of esters is 1. The van der Waals surface area contributed by atoms with Gasteiger partial charge in [0.05, 0.1) is 24.1 Å². The minimum atomic E-state index is -0.736. The van der Waals surface area contributed by atoms with E-state index in [1.54, 1.807) is 0 Å². The van der Waals surface area contributed by atoms with Gasteiger partial charge in [-0.2, -0.15) is 0 Å². The van der Waals surface area contributed by atoms with Crippen LogP contribution in [0.1, 0.15) is 21.5 Å². The molecule has 0 radical (unpaired) electrons. The number of likely N-dealkylation sites (N-methyl/N-ethyl adjacent to an activating group) is 1. The number of nitrogens with zero attached hydrogens (tertiary/aromatic N) is 2. The maximum absolute atomic E-state index is 12.3. The van der Waals surface area contributed by atoms with E-state index in [1.807, 2.05) is 32.0 Å². The lowest BCUT2D eigenvalue weighted by molar-refractivity contribution is -0.385. The fourth-order valence-electron chi connectivity index (χ4n) is 2.77. The molecule has 0 saturated carbocycles.